The summed E-state index contributed by atoms with van der Waals surface area (Å²) in [6.07, 6.45) is 9.48. The van der Waals surface area contributed by atoms with Crippen LogP contribution in [0.5, 0.6) is 0 Å². The van der Waals surface area contributed by atoms with E-state index in [9.17, 15) is 4.39 Å². The summed E-state index contributed by atoms with van der Waals surface area (Å²) in [7, 11) is 0. The highest BCUT2D eigenvalue weighted by atomic mass is 19.1. The van der Waals surface area contributed by atoms with Gasteiger partial charge in [-0.1, -0.05) is 32.1 Å². The molecule has 1 fully saturated rings. The number of nitrogens with one attached hydrogen (secondary N) is 2. The smallest absolute Gasteiger partial charge is 0.239 e. The number of hydrogen-bond donors (Lipinski definition) is 3. The fourth-order valence-corrected chi connectivity index (χ4v) is 2.33. The van der Waals surface area contributed by atoms with Crippen LogP contribution in [0, 0.1) is 5.82 Å². The molecule has 1 aromatic rings. The van der Waals surface area contributed by atoms with Crippen molar-refractivity contribution in [2.24, 2.45) is 5.84 Å². The van der Waals surface area contributed by atoms with Crippen LogP contribution in [0.25, 0.3) is 0 Å². The van der Waals surface area contributed by atoms with Gasteiger partial charge in [-0.2, -0.15) is 4.98 Å². The van der Waals surface area contributed by atoms with Crippen molar-refractivity contribution < 1.29 is 4.39 Å². The van der Waals surface area contributed by atoms with Crippen LogP contribution in [0.1, 0.15) is 44.9 Å². The maximum atomic E-state index is 13.6. The summed E-state index contributed by atoms with van der Waals surface area (Å²) >= 11 is 0. The standard InChI is InChI=1S/C12H20FN5/c13-10-8-15-12(18-14)17-11(10)16-9-6-4-2-1-3-5-7-9/h8-9H,1-7,14H2,(H2,15,16,17,18). The second-order valence-corrected chi connectivity index (χ2v) is 4.72. The van der Waals surface area contributed by atoms with E-state index in [4.69, 9.17) is 5.84 Å². The topological polar surface area (TPSA) is 75.9 Å². The SMILES string of the molecule is NNc1ncc(F)c(NC2CCCCCCC2)n1. The predicted molar refractivity (Wildman–Crippen MR) is 69.5 cm³/mol. The largest absolute Gasteiger partial charge is 0.365 e. The first-order valence-corrected chi connectivity index (χ1v) is 6.55. The first-order chi connectivity index (χ1) is 8.79. The zero-order valence-electron chi connectivity index (χ0n) is 10.5. The monoisotopic (exact) mass is 253 g/mol. The second-order valence-electron chi connectivity index (χ2n) is 4.72. The minimum Gasteiger partial charge on any atom is -0.365 e. The molecule has 100 valence electrons. The highest BCUT2D eigenvalue weighted by Crippen LogP contribution is 2.21. The Kier molecular flexibility index (Phi) is 4.69. The molecule has 0 saturated heterocycles. The Morgan fingerprint density at radius 2 is 1.83 bits per heavy atom. The maximum Gasteiger partial charge on any atom is 0.239 e. The Morgan fingerprint density at radius 1 is 1.17 bits per heavy atom. The lowest BCUT2D eigenvalue weighted by atomic mass is 9.97. The Morgan fingerprint density at radius 3 is 2.50 bits per heavy atom. The highest BCUT2D eigenvalue weighted by molar-refractivity contribution is 5.41. The van der Waals surface area contributed by atoms with Crippen LogP contribution in [-0.2, 0) is 0 Å². The first kappa shape index (κ1) is 13.0. The number of rotatable bonds is 3. The lowest BCUT2D eigenvalue weighted by Crippen LogP contribution is -2.23. The molecular weight excluding hydrogens is 233 g/mol. The van der Waals surface area contributed by atoms with Crippen LogP contribution < -0.4 is 16.6 Å². The van der Waals surface area contributed by atoms with Gasteiger partial charge in [0.2, 0.25) is 5.95 Å². The Hall–Kier alpha value is -1.43. The van der Waals surface area contributed by atoms with Gasteiger partial charge in [-0.3, -0.25) is 5.43 Å². The summed E-state index contributed by atoms with van der Waals surface area (Å²) in [4.78, 5) is 7.73. The van der Waals surface area contributed by atoms with Crippen molar-refractivity contribution in [1.29, 1.82) is 0 Å². The third-order valence-electron chi connectivity index (χ3n) is 3.32. The summed E-state index contributed by atoms with van der Waals surface area (Å²) in [6, 6.07) is 0.292. The molecule has 0 aromatic carbocycles. The van der Waals surface area contributed by atoms with Gasteiger partial charge in [-0.15, -0.1) is 0 Å². The maximum absolute atomic E-state index is 13.6. The van der Waals surface area contributed by atoms with Crippen LogP contribution in [0.2, 0.25) is 0 Å². The molecule has 1 aliphatic rings. The molecule has 1 saturated carbocycles. The molecule has 0 amide bonds. The molecule has 0 spiro atoms. The fourth-order valence-electron chi connectivity index (χ4n) is 2.33. The predicted octanol–water partition coefficient (Wildman–Crippen LogP) is 2.43. The normalized spacial score (nSPS) is 17.9. The van der Waals surface area contributed by atoms with Gasteiger partial charge in [0.15, 0.2) is 11.6 Å². The van der Waals surface area contributed by atoms with E-state index in [0.29, 0.717) is 6.04 Å². The summed E-state index contributed by atoms with van der Waals surface area (Å²) in [5.74, 6) is 5.25. The summed E-state index contributed by atoms with van der Waals surface area (Å²) in [6.45, 7) is 0. The summed E-state index contributed by atoms with van der Waals surface area (Å²) in [5.41, 5.74) is 2.33. The molecule has 0 radical (unpaired) electrons. The van der Waals surface area contributed by atoms with E-state index in [1.54, 1.807) is 0 Å². The Balaban J connectivity index is 2.02. The molecule has 5 nitrogen and oxygen atoms in total. The van der Waals surface area contributed by atoms with E-state index in [2.05, 4.69) is 20.7 Å². The zero-order chi connectivity index (χ0) is 12.8. The average Bonchev–Trinajstić information content (AvgIpc) is 2.35. The molecule has 4 N–H and O–H groups in total. The number of halogens is 1. The fraction of sp³-hybridized carbons (Fsp3) is 0.667. The molecule has 0 bridgehead atoms. The lowest BCUT2D eigenvalue weighted by molar-refractivity contribution is 0.468. The van der Waals surface area contributed by atoms with E-state index < -0.39 is 5.82 Å². The molecule has 0 atom stereocenters. The zero-order valence-corrected chi connectivity index (χ0v) is 10.5. The van der Waals surface area contributed by atoms with Crippen LogP contribution in [0.4, 0.5) is 16.2 Å². The molecule has 6 heteroatoms. The van der Waals surface area contributed by atoms with Gasteiger partial charge in [-0.25, -0.2) is 15.2 Å². The number of hydrogen-bond acceptors (Lipinski definition) is 5. The van der Waals surface area contributed by atoms with Crippen molar-refractivity contribution in [2.45, 2.75) is 51.0 Å². The van der Waals surface area contributed by atoms with E-state index in [1.165, 1.54) is 32.1 Å². The molecule has 0 aliphatic heterocycles. The van der Waals surface area contributed by atoms with E-state index >= 15 is 0 Å². The third-order valence-corrected chi connectivity index (χ3v) is 3.32. The summed E-state index contributed by atoms with van der Waals surface area (Å²) in [5, 5.41) is 3.17. The third kappa shape index (κ3) is 3.53. The van der Waals surface area contributed by atoms with Gasteiger partial charge >= 0.3 is 0 Å². The van der Waals surface area contributed by atoms with E-state index in [1.807, 2.05) is 0 Å². The van der Waals surface area contributed by atoms with Crippen LogP contribution in [0.3, 0.4) is 0 Å². The van der Waals surface area contributed by atoms with Crippen LogP contribution in [0.15, 0.2) is 6.20 Å². The number of anilines is 2. The number of aromatic nitrogens is 2. The van der Waals surface area contributed by atoms with Crippen molar-refractivity contribution in [1.82, 2.24) is 9.97 Å². The van der Waals surface area contributed by atoms with Gasteiger partial charge in [-0.05, 0) is 12.8 Å². The number of nitrogens with two attached hydrogens (primary N) is 1. The Bertz CT molecular complexity index is 377. The van der Waals surface area contributed by atoms with E-state index in [0.717, 1.165) is 19.0 Å². The van der Waals surface area contributed by atoms with E-state index in [-0.39, 0.29) is 11.8 Å². The van der Waals surface area contributed by atoms with Crippen LogP contribution >= 0.6 is 0 Å². The van der Waals surface area contributed by atoms with Crippen molar-refractivity contribution in [3.8, 4) is 0 Å². The average molecular weight is 253 g/mol. The van der Waals surface area contributed by atoms with Gasteiger partial charge < -0.3 is 5.32 Å². The van der Waals surface area contributed by atoms with Gasteiger partial charge in [0.1, 0.15) is 0 Å². The first-order valence-electron chi connectivity index (χ1n) is 6.55. The number of hydrazine groups is 1. The van der Waals surface area contributed by atoms with Gasteiger partial charge in [0.25, 0.3) is 0 Å². The second kappa shape index (κ2) is 6.49. The van der Waals surface area contributed by atoms with Crippen LogP contribution in [-0.4, -0.2) is 16.0 Å². The Labute approximate surface area is 106 Å². The van der Waals surface area contributed by atoms with Gasteiger partial charge in [0, 0.05) is 6.04 Å². The van der Waals surface area contributed by atoms with Crippen molar-refractivity contribution >= 4 is 11.8 Å². The molecule has 0 unspecified atom stereocenters. The van der Waals surface area contributed by atoms with Crippen molar-refractivity contribution in [3.05, 3.63) is 12.0 Å². The number of nitrogens with zero attached hydrogens (tertiary/aromatic N) is 2. The number of nitrogen functional groups attached to an aromatic ring is 1. The minimum absolute atomic E-state index is 0.227. The molecule has 18 heavy (non-hydrogen) atoms. The molecule has 1 heterocycles. The molecule has 1 aliphatic carbocycles. The molecule has 1 aromatic heterocycles. The van der Waals surface area contributed by atoms with Gasteiger partial charge in [0.05, 0.1) is 6.20 Å². The highest BCUT2D eigenvalue weighted by Gasteiger charge is 2.14. The summed E-state index contributed by atoms with van der Waals surface area (Å²) < 4.78 is 13.6. The molecule has 2 rings (SSSR count). The minimum atomic E-state index is -0.434. The van der Waals surface area contributed by atoms with Crippen molar-refractivity contribution in [3.63, 3.8) is 0 Å². The lowest BCUT2D eigenvalue weighted by Gasteiger charge is -2.21. The quantitative estimate of drug-likeness (QED) is 0.569. The van der Waals surface area contributed by atoms with Crippen molar-refractivity contribution in [2.75, 3.05) is 10.7 Å². The molecular formula is C12H20FN5.